The summed E-state index contributed by atoms with van der Waals surface area (Å²) in [6, 6.07) is 13.0. The number of nitrogens with one attached hydrogen (secondary N) is 1. The van der Waals surface area contributed by atoms with Crippen LogP contribution in [-0.4, -0.2) is 15.5 Å². The van der Waals surface area contributed by atoms with Gasteiger partial charge in [0.2, 0.25) is 0 Å². The Morgan fingerprint density at radius 3 is 2.66 bits per heavy atom. The van der Waals surface area contributed by atoms with Crippen molar-refractivity contribution in [2.24, 2.45) is 0 Å². The van der Waals surface area contributed by atoms with E-state index in [4.69, 9.17) is 11.6 Å². The van der Waals surface area contributed by atoms with Crippen LogP contribution in [0.1, 0.15) is 20.8 Å². The van der Waals surface area contributed by atoms with Crippen molar-refractivity contribution in [3.63, 3.8) is 0 Å². The molecule has 0 fully saturated rings. The van der Waals surface area contributed by atoms with Crippen molar-refractivity contribution < 1.29 is 9.18 Å². The molecule has 0 radical (unpaired) electrons. The highest BCUT2D eigenvalue weighted by atomic mass is 35.5. The number of aromatic nitrogens is 2. The fourth-order valence-corrected chi connectivity index (χ4v) is 4.18. The number of anilines is 1. The van der Waals surface area contributed by atoms with Gasteiger partial charge in [-0.15, -0.1) is 11.3 Å². The van der Waals surface area contributed by atoms with E-state index in [0.717, 1.165) is 11.3 Å². The smallest absolute Gasteiger partial charge is 0.266 e. The number of fused-ring (bicyclic) bond motifs is 1. The molecule has 5 nitrogen and oxygen atoms in total. The molecule has 8 heteroatoms. The lowest BCUT2D eigenvalue weighted by Gasteiger charge is -2.06. The van der Waals surface area contributed by atoms with E-state index in [-0.39, 0.29) is 23.8 Å². The summed E-state index contributed by atoms with van der Waals surface area (Å²) in [5.41, 5.74) is 1.24. The van der Waals surface area contributed by atoms with Gasteiger partial charge >= 0.3 is 0 Å². The third kappa shape index (κ3) is 3.79. The van der Waals surface area contributed by atoms with Crippen molar-refractivity contribution in [3.05, 3.63) is 92.1 Å². The Kier molecular flexibility index (Phi) is 5.17. The molecule has 4 aromatic rings. The second-order valence-corrected chi connectivity index (χ2v) is 7.90. The minimum absolute atomic E-state index is 0.0655. The summed E-state index contributed by atoms with van der Waals surface area (Å²) >= 11 is 7.01. The first-order chi connectivity index (χ1) is 13.9. The van der Waals surface area contributed by atoms with Crippen LogP contribution in [-0.2, 0) is 6.54 Å². The zero-order valence-electron chi connectivity index (χ0n) is 15.3. The zero-order valence-corrected chi connectivity index (χ0v) is 16.9. The summed E-state index contributed by atoms with van der Waals surface area (Å²) in [6.07, 6.45) is 1.38. The predicted octanol–water partition coefficient (Wildman–Crippen LogP) is 4.86. The van der Waals surface area contributed by atoms with Gasteiger partial charge in [0.25, 0.3) is 11.5 Å². The second-order valence-electron chi connectivity index (χ2n) is 6.47. The molecule has 146 valence electrons. The maximum Gasteiger partial charge on any atom is 0.266 e. The molecule has 0 aliphatic carbocycles. The van der Waals surface area contributed by atoms with Gasteiger partial charge in [-0.3, -0.25) is 14.2 Å². The van der Waals surface area contributed by atoms with Gasteiger partial charge in [0.05, 0.1) is 23.1 Å². The first kappa shape index (κ1) is 19.3. The topological polar surface area (TPSA) is 64.0 Å². The fourth-order valence-electron chi connectivity index (χ4n) is 3.02. The summed E-state index contributed by atoms with van der Waals surface area (Å²) in [5.74, 6) is -0.711. The average molecular weight is 428 g/mol. The second kappa shape index (κ2) is 7.77. The summed E-state index contributed by atoms with van der Waals surface area (Å²) < 4.78 is 15.3. The van der Waals surface area contributed by atoms with Crippen LogP contribution < -0.4 is 10.9 Å². The number of thiophene rings is 1. The van der Waals surface area contributed by atoms with E-state index >= 15 is 0 Å². The van der Waals surface area contributed by atoms with Gasteiger partial charge in [-0.25, -0.2) is 9.37 Å². The molecule has 0 spiro atoms. The Morgan fingerprint density at radius 1 is 1.21 bits per heavy atom. The minimum atomic E-state index is -0.385. The van der Waals surface area contributed by atoms with Crippen molar-refractivity contribution in [3.8, 4) is 0 Å². The number of hydrogen-bond donors (Lipinski definition) is 1. The monoisotopic (exact) mass is 427 g/mol. The van der Waals surface area contributed by atoms with Crippen LogP contribution in [0.15, 0.2) is 59.7 Å². The van der Waals surface area contributed by atoms with E-state index in [1.165, 1.54) is 17.0 Å². The molecule has 0 aliphatic heterocycles. The molecule has 2 aromatic heterocycles. The molecular weight excluding hydrogens is 413 g/mol. The highest BCUT2D eigenvalue weighted by Crippen LogP contribution is 2.28. The number of rotatable bonds is 4. The minimum Gasteiger partial charge on any atom is -0.321 e. The van der Waals surface area contributed by atoms with Crippen molar-refractivity contribution in [2.75, 3.05) is 5.32 Å². The van der Waals surface area contributed by atoms with Crippen molar-refractivity contribution >= 4 is 44.7 Å². The molecule has 2 heterocycles. The Balaban J connectivity index is 1.69. The lowest BCUT2D eigenvalue weighted by Crippen LogP contribution is -2.21. The molecule has 0 aliphatic rings. The summed E-state index contributed by atoms with van der Waals surface area (Å²) in [5, 5.41) is 3.74. The molecule has 0 saturated carbocycles. The first-order valence-electron chi connectivity index (χ1n) is 8.73. The first-order valence-corrected chi connectivity index (χ1v) is 9.92. The van der Waals surface area contributed by atoms with Crippen LogP contribution in [0, 0.1) is 12.7 Å². The normalized spacial score (nSPS) is 11.0. The summed E-state index contributed by atoms with van der Waals surface area (Å²) in [7, 11) is 0. The largest absolute Gasteiger partial charge is 0.321 e. The van der Waals surface area contributed by atoms with E-state index < -0.39 is 0 Å². The van der Waals surface area contributed by atoms with Crippen LogP contribution in [0.4, 0.5) is 10.1 Å². The summed E-state index contributed by atoms with van der Waals surface area (Å²) in [6.45, 7) is 1.78. The number of hydrogen-bond acceptors (Lipinski definition) is 4. The number of carbonyl (C=O) groups excluding carboxylic acids is 1. The molecule has 0 saturated heterocycles. The Hall–Kier alpha value is -3.03. The molecule has 0 unspecified atom stereocenters. The van der Waals surface area contributed by atoms with Crippen LogP contribution in [0.2, 0.25) is 5.02 Å². The van der Waals surface area contributed by atoms with E-state index in [0.29, 0.717) is 36.9 Å². The molecule has 1 N–H and O–H groups in total. The van der Waals surface area contributed by atoms with Crippen molar-refractivity contribution in [1.82, 2.24) is 9.55 Å². The molecule has 0 atom stereocenters. The molecule has 29 heavy (non-hydrogen) atoms. The average Bonchev–Trinajstić information content (AvgIpc) is 3.05. The number of aryl methyl sites for hydroxylation is 1. The van der Waals surface area contributed by atoms with Crippen LogP contribution in [0.25, 0.3) is 10.2 Å². The summed E-state index contributed by atoms with van der Waals surface area (Å²) in [4.78, 5) is 30.8. The highest BCUT2D eigenvalue weighted by molar-refractivity contribution is 7.20. The van der Waals surface area contributed by atoms with Gasteiger partial charge < -0.3 is 5.32 Å². The standard InChI is InChI=1S/C21H15ClFN3O2S/c1-12-17-20(29-18(12)19(27)25-15-8-6-14(22)7-9-15)24-11-26(21(17)28)10-13-4-2-3-5-16(13)23/h2-9,11H,10H2,1H3,(H,25,27). The lowest BCUT2D eigenvalue weighted by atomic mass is 10.2. The SMILES string of the molecule is Cc1c(C(=O)Nc2ccc(Cl)cc2)sc2ncn(Cc3ccccc3F)c(=O)c12. The number of nitrogens with zero attached hydrogens (tertiary/aromatic N) is 2. The molecule has 1 amide bonds. The van der Waals surface area contributed by atoms with Crippen LogP contribution in [0.3, 0.4) is 0 Å². The lowest BCUT2D eigenvalue weighted by molar-refractivity contribution is 0.103. The number of amides is 1. The van der Waals surface area contributed by atoms with E-state index in [2.05, 4.69) is 10.3 Å². The molecule has 2 aromatic carbocycles. The zero-order chi connectivity index (χ0) is 20.5. The fraction of sp³-hybridized carbons (Fsp3) is 0.0952. The number of halogens is 2. The molecular formula is C21H15ClFN3O2S. The number of carbonyl (C=O) groups is 1. The van der Waals surface area contributed by atoms with Gasteiger partial charge in [0, 0.05) is 16.3 Å². The Morgan fingerprint density at radius 2 is 1.93 bits per heavy atom. The van der Waals surface area contributed by atoms with Crippen molar-refractivity contribution in [2.45, 2.75) is 13.5 Å². The highest BCUT2D eigenvalue weighted by Gasteiger charge is 2.20. The predicted molar refractivity (Wildman–Crippen MR) is 114 cm³/mol. The molecule has 0 bridgehead atoms. The molecule has 4 rings (SSSR count). The van der Waals surface area contributed by atoms with Gasteiger partial charge in [-0.2, -0.15) is 0 Å². The Bertz CT molecular complexity index is 1280. The van der Waals surface area contributed by atoms with E-state index in [9.17, 15) is 14.0 Å². The third-order valence-electron chi connectivity index (χ3n) is 4.52. The Labute approximate surface area is 174 Å². The van der Waals surface area contributed by atoms with Gasteiger partial charge in [-0.1, -0.05) is 29.8 Å². The van der Waals surface area contributed by atoms with Crippen LogP contribution >= 0.6 is 22.9 Å². The van der Waals surface area contributed by atoms with Gasteiger partial charge in [0.1, 0.15) is 10.6 Å². The van der Waals surface area contributed by atoms with E-state index in [1.54, 1.807) is 49.4 Å². The van der Waals surface area contributed by atoms with E-state index in [1.807, 2.05) is 0 Å². The maximum absolute atomic E-state index is 13.9. The maximum atomic E-state index is 13.9. The van der Waals surface area contributed by atoms with Crippen LogP contribution in [0.5, 0.6) is 0 Å². The third-order valence-corrected chi connectivity index (χ3v) is 5.97. The van der Waals surface area contributed by atoms with Crippen molar-refractivity contribution in [1.29, 1.82) is 0 Å². The van der Waals surface area contributed by atoms with Gasteiger partial charge in [-0.05, 0) is 42.8 Å². The number of benzene rings is 2. The van der Waals surface area contributed by atoms with Gasteiger partial charge in [0.15, 0.2) is 0 Å². The quantitative estimate of drug-likeness (QED) is 0.506.